The molecule has 0 bridgehead atoms. The van der Waals surface area contributed by atoms with Gasteiger partial charge in [-0.25, -0.2) is 0 Å². The van der Waals surface area contributed by atoms with Crippen molar-refractivity contribution < 1.29 is 5.11 Å². The summed E-state index contributed by atoms with van der Waals surface area (Å²) in [4.78, 5) is 3.52. The van der Waals surface area contributed by atoms with Gasteiger partial charge in [-0.3, -0.25) is 0 Å². The molecule has 1 aliphatic carbocycles. The maximum atomic E-state index is 9.25. The zero-order chi connectivity index (χ0) is 12.8. The maximum absolute atomic E-state index is 9.25. The van der Waals surface area contributed by atoms with Crippen molar-refractivity contribution in [2.45, 2.75) is 37.6 Å². The van der Waals surface area contributed by atoms with Crippen molar-refractivity contribution in [1.82, 2.24) is 10.3 Å². The highest BCUT2D eigenvalue weighted by Crippen LogP contribution is 2.41. The highest BCUT2D eigenvalue weighted by atomic mass is 16.3. The number of rotatable bonds is 2. The molecule has 0 spiro atoms. The number of aliphatic hydroxyl groups is 1. The molecule has 19 heavy (non-hydrogen) atoms. The van der Waals surface area contributed by atoms with Gasteiger partial charge in [-0.1, -0.05) is 12.1 Å². The van der Waals surface area contributed by atoms with E-state index in [1.54, 1.807) is 0 Å². The molecule has 3 heteroatoms. The number of hydrogen-bond donors (Lipinski definition) is 3. The van der Waals surface area contributed by atoms with Gasteiger partial charge >= 0.3 is 0 Å². The Bertz CT molecular complexity index is 616. The molecule has 4 rings (SSSR count). The molecular formula is C16H20N2O. The van der Waals surface area contributed by atoms with Crippen LogP contribution < -0.4 is 5.32 Å². The zero-order valence-electron chi connectivity index (χ0n) is 11.1. The van der Waals surface area contributed by atoms with Crippen LogP contribution in [0.5, 0.6) is 0 Å². The molecule has 1 aliphatic heterocycles. The lowest BCUT2D eigenvalue weighted by Gasteiger charge is -2.37. The van der Waals surface area contributed by atoms with Gasteiger partial charge in [0.1, 0.15) is 0 Å². The van der Waals surface area contributed by atoms with Crippen molar-refractivity contribution >= 4 is 10.9 Å². The smallest absolute Gasteiger partial charge is 0.0485 e. The fraction of sp³-hybridized carbons (Fsp3) is 0.500. The second-order valence-electron chi connectivity index (χ2n) is 5.84. The van der Waals surface area contributed by atoms with Gasteiger partial charge in [-0.15, -0.1) is 0 Å². The first-order valence-corrected chi connectivity index (χ1v) is 7.35. The van der Waals surface area contributed by atoms with Crippen LogP contribution >= 0.6 is 0 Å². The lowest BCUT2D eigenvalue weighted by molar-refractivity contribution is 0.297. The summed E-state index contributed by atoms with van der Waals surface area (Å²) in [6.45, 7) is 1.36. The first-order valence-electron chi connectivity index (χ1n) is 7.35. The van der Waals surface area contributed by atoms with Crippen LogP contribution in [0.1, 0.15) is 35.6 Å². The molecule has 1 saturated heterocycles. The number of nitrogens with one attached hydrogen (secondary N) is 2. The fourth-order valence-electron chi connectivity index (χ4n) is 4.02. The third-order valence-corrected chi connectivity index (χ3v) is 4.82. The van der Waals surface area contributed by atoms with Crippen molar-refractivity contribution in [2.75, 3.05) is 13.2 Å². The molecule has 3 N–H and O–H groups in total. The Kier molecular flexibility index (Phi) is 2.64. The number of aromatic amines is 1. The predicted octanol–water partition coefficient (Wildman–Crippen LogP) is 2.09. The summed E-state index contributed by atoms with van der Waals surface area (Å²) in [6, 6.07) is 7.21. The van der Waals surface area contributed by atoms with Crippen LogP contribution in [-0.4, -0.2) is 29.3 Å². The van der Waals surface area contributed by atoms with E-state index < -0.39 is 0 Å². The van der Waals surface area contributed by atoms with E-state index in [1.807, 2.05) is 0 Å². The minimum Gasteiger partial charge on any atom is -0.396 e. The molecule has 0 amide bonds. The summed E-state index contributed by atoms with van der Waals surface area (Å²) in [7, 11) is 0. The standard InChI is InChI=1S/C16H20N2O/c19-8-6-13-12-9-15-10(4-2-7-17-15)11-3-1-5-14(18-13)16(11)12/h1,3,5,10,15,17-19H,2,4,6-9H2/t10?,15-/m1/s1. The van der Waals surface area contributed by atoms with E-state index >= 15 is 0 Å². The van der Waals surface area contributed by atoms with E-state index in [0.29, 0.717) is 12.0 Å². The van der Waals surface area contributed by atoms with Crippen molar-refractivity contribution in [3.8, 4) is 0 Å². The molecule has 1 unspecified atom stereocenters. The second-order valence-corrected chi connectivity index (χ2v) is 5.84. The molecule has 0 radical (unpaired) electrons. The quantitative estimate of drug-likeness (QED) is 0.770. The molecule has 1 fully saturated rings. The lowest BCUT2D eigenvalue weighted by atomic mass is 9.75. The van der Waals surface area contributed by atoms with Crippen LogP contribution in [-0.2, 0) is 12.8 Å². The number of aliphatic hydroxyl groups excluding tert-OH is 1. The Hall–Kier alpha value is -1.32. The van der Waals surface area contributed by atoms with Gasteiger partial charge in [0.05, 0.1) is 0 Å². The minimum absolute atomic E-state index is 0.219. The molecule has 1 aromatic heterocycles. The van der Waals surface area contributed by atoms with Crippen molar-refractivity contribution in [3.63, 3.8) is 0 Å². The van der Waals surface area contributed by atoms with Crippen molar-refractivity contribution in [3.05, 3.63) is 35.0 Å². The molecule has 2 aromatic rings. The van der Waals surface area contributed by atoms with E-state index in [2.05, 4.69) is 28.5 Å². The largest absolute Gasteiger partial charge is 0.396 e. The number of aromatic nitrogens is 1. The lowest BCUT2D eigenvalue weighted by Crippen LogP contribution is -2.43. The van der Waals surface area contributed by atoms with Gasteiger partial charge in [-0.2, -0.15) is 0 Å². The van der Waals surface area contributed by atoms with Crippen molar-refractivity contribution in [2.24, 2.45) is 0 Å². The van der Waals surface area contributed by atoms with Gasteiger partial charge in [0, 0.05) is 41.6 Å². The summed E-state index contributed by atoms with van der Waals surface area (Å²) in [5, 5.41) is 14.4. The highest BCUT2D eigenvalue weighted by molar-refractivity contribution is 5.89. The van der Waals surface area contributed by atoms with Gasteiger partial charge in [-0.05, 0) is 43.0 Å². The Morgan fingerprint density at radius 2 is 2.26 bits per heavy atom. The fourth-order valence-corrected chi connectivity index (χ4v) is 4.02. The van der Waals surface area contributed by atoms with Crippen LogP contribution in [0.4, 0.5) is 0 Å². The summed E-state index contributed by atoms with van der Waals surface area (Å²) in [6.07, 6.45) is 4.43. The van der Waals surface area contributed by atoms with E-state index in [1.165, 1.54) is 40.6 Å². The van der Waals surface area contributed by atoms with Gasteiger partial charge in [0.15, 0.2) is 0 Å². The van der Waals surface area contributed by atoms with Crippen LogP contribution in [0.3, 0.4) is 0 Å². The summed E-state index contributed by atoms with van der Waals surface area (Å²) in [5.74, 6) is 0.669. The molecule has 1 aromatic carbocycles. The average Bonchev–Trinajstić information content (AvgIpc) is 2.79. The van der Waals surface area contributed by atoms with Crippen molar-refractivity contribution in [1.29, 1.82) is 0 Å². The Labute approximate surface area is 113 Å². The van der Waals surface area contributed by atoms with Gasteiger partial charge < -0.3 is 15.4 Å². The Balaban J connectivity index is 1.92. The average molecular weight is 256 g/mol. The van der Waals surface area contributed by atoms with Crippen LogP contribution in [0.2, 0.25) is 0 Å². The first kappa shape index (κ1) is 11.5. The number of hydrogen-bond acceptors (Lipinski definition) is 2. The third-order valence-electron chi connectivity index (χ3n) is 4.82. The predicted molar refractivity (Wildman–Crippen MR) is 76.6 cm³/mol. The van der Waals surface area contributed by atoms with E-state index in [-0.39, 0.29) is 6.61 Å². The second kappa shape index (κ2) is 4.36. The normalized spacial score (nSPS) is 25.5. The number of fused-ring (bicyclic) bond motifs is 2. The van der Waals surface area contributed by atoms with Gasteiger partial charge in [0.25, 0.3) is 0 Å². The molecule has 2 aliphatic rings. The summed E-state index contributed by atoms with van der Waals surface area (Å²) < 4.78 is 0. The molecular weight excluding hydrogens is 236 g/mol. The Morgan fingerprint density at radius 3 is 3.16 bits per heavy atom. The van der Waals surface area contributed by atoms with E-state index in [9.17, 15) is 5.11 Å². The van der Waals surface area contributed by atoms with Crippen LogP contribution in [0.25, 0.3) is 10.9 Å². The SMILES string of the molecule is OCCc1[nH]c2cccc3c2c1C[C@H]1NCCCC31. The zero-order valence-corrected chi connectivity index (χ0v) is 11.1. The number of benzene rings is 1. The van der Waals surface area contributed by atoms with Gasteiger partial charge in [0.2, 0.25) is 0 Å². The topological polar surface area (TPSA) is 48.0 Å². The number of piperidine rings is 1. The van der Waals surface area contributed by atoms with Crippen LogP contribution in [0, 0.1) is 0 Å². The monoisotopic (exact) mass is 256 g/mol. The highest BCUT2D eigenvalue weighted by Gasteiger charge is 2.33. The summed E-state index contributed by atoms with van der Waals surface area (Å²) >= 11 is 0. The molecule has 2 heterocycles. The maximum Gasteiger partial charge on any atom is 0.0485 e. The number of H-pyrrole nitrogens is 1. The molecule has 3 nitrogen and oxygen atoms in total. The molecule has 100 valence electrons. The minimum atomic E-state index is 0.219. The molecule has 0 saturated carbocycles. The summed E-state index contributed by atoms with van der Waals surface area (Å²) in [5.41, 5.74) is 5.43. The van der Waals surface area contributed by atoms with E-state index in [0.717, 1.165) is 19.4 Å². The third kappa shape index (κ3) is 1.65. The Morgan fingerprint density at radius 1 is 1.32 bits per heavy atom. The van der Waals surface area contributed by atoms with Crippen LogP contribution in [0.15, 0.2) is 18.2 Å². The first-order chi connectivity index (χ1) is 9.38. The molecule has 2 atom stereocenters. The van der Waals surface area contributed by atoms with E-state index in [4.69, 9.17) is 0 Å².